The number of allylic oxidation sites excluding steroid dienone is 2. The molecule has 14 heavy (non-hydrogen) atoms. The number of hydrogen-bond donors (Lipinski definition) is 0. The Morgan fingerprint density at radius 3 is 1.79 bits per heavy atom. The van der Waals surface area contributed by atoms with Gasteiger partial charge in [0.25, 0.3) is 0 Å². The minimum absolute atomic E-state index is 0.0659. The Bertz CT molecular complexity index is 344. The summed E-state index contributed by atoms with van der Waals surface area (Å²) in [6, 6.07) is 0. The lowest BCUT2D eigenvalue weighted by molar-refractivity contribution is -0.123. The summed E-state index contributed by atoms with van der Waals surface area (Å²) in [6.07, 6.45) is 1.27. The fourth-order valence-corrected chi connectivity index (χ4v) is 3.80. The highest BCUT2D eigenvalue weighted by atomic mass is 16.2. The van der Waals surface area contributed by atoms with Crippen molar-refractivity contribution < 1.29 is 9.59 Å². The van der Waals surface area contributed by atoms with Gasteiger partial charge in [-0.3, -0.25) is 9.59 Å². The van der Waals surface area contributed by atoms with E-state index in [0.29, 0.717) is 11.8 Å². The third kappa shape index (κ3) is 0.737. The highest BCUT2D eigenvalue weighted by molar-refractivity contribution is 6.09. The average molecular weight is 190 g/mol. The molecule has 2 nitrogen and oxygen atoms in total. The molecule has 0 aromatic heterocycles. The van der Waals surface area contributed by atoms with Gasteiger partial charge in [0.2, 0.25) is 0 Å². The van der Waals surface area contributed by atoms with Crippen molar-refractivity contribution in [3.63, 3.8) is 0 Å². The summed E-state index contributed by atoms with van der Waals surface area (Å²) >= 11 is 0. The number of fused-ring (bicyclic) bond motifs is 5. The SMILES string of the molecule is CC1=C(C)C2CC1C1C(=O)CC(=O)C21. The van der Waals surface area contributed by atoms with Crippen molar-refractivity contribution in [2.45, 2.75) is 26.7 Å². The number of rotatable bonds is 0. The molecule has 3 aliphatic rings. The molecule has 2 heteroatoms. The van der Waals surface area contributed by atoms with Crippen LogP contribution < -0.4 is 0 Å². The van der Waals surface area contributed by atoms with Gasteiger partial charge in [-0.1, -0.05) is 11.1 Å². The molecule has 0 N–H and O–H groups in total. The Morgan fingerprint density at radius 1 is 0.929 bits per heavy atom. The van der Waals surface area contributed by atoms with Gasteiger partial charge in [0, 0.05) is 11.8 Å². The minimum atomic E-state index is 0.0659. The molecule has 0 aromatic carbocycles. The Balaban J connectivity index is 2.10. The normalized spacial score (nSPS) is 45.3. The van der Waals surface area contributed by atoms with E-state index in [1.54, 1.807) is 0 Å². The first-order valence-electron chi connectivity index (χ1n) is 5.34. The summed E-state index contributed by atoms with van der Waals surface area (Å²) in [7, 11) is 0. The molecule has 0 radical (unpaired) electrons. The molecule has 2 fully saturated rings. The highest BCUT2D eigenvalue weighted by Crippen LogP contribution is 2.58. The predicted octanol–water partition coefficient (Wildman–Crippen LogP) is 1.75. The van der Waals surface area contributed by atoms with Crippen molar-refractivity contribution >= 4 is 11.6 Å². The Morgan fingerprint density at radius 2 is 1.36 bits per heavy atom. The van der Waals surface area contributed by atoms with E-state index in [9.17, 15) is 9.59 Å². The Hall–Kier alpha value is -0.920. The maximum Gasteiger partial charge on any atom is 0.144 e. The zero-order valence-electron chi connectivity index (χ0n) is 8.54. The molecule has 2 bridgehead atoms. The summed E-state index contributed by atoms with van der Waals surface area (Å²) < 4.78 is 0. The van der Waals surface area contributed by atoms with Gasteiger partial charge in [0.15, 0.2) is 0 Å². The molecule has 0 heterocycles. The van der Waals surface area contributed by atoms with Crippen molar-refractivity contribution in [3.05, 3.63) is 11.1 Å². The van der Waals surface area contributed by atoms with E-state index in [0.717, 1.165) is 6.42 Å². The van der Waals surface area contributed by atoms with Crippen molar-refractivity contribution in [2.24, 2.45) is 23.7 Å². The first-order valence-corrected chi connectivity index (χ1v) is 5.34. The van der Waals surface area contributed by atoms with Crippen molar-refractivity contribution in [1.29, 1.82) is 0 Å². The van der Waals surface area contributed by atoms with Gasteiger partial charge < -0.3 is 0 Å². The van der Waals surface area contributed by atoms with Crippen molar-refractivity contribution in [2.75, 3.05) is 0 Å². The standard InChI is InChI=1S/C12H14O2/c1-5-6(2)8-3-7(5)11-9(13)4-10(14)12(8)11/h7-8,11-12H,3-4H2,1-2H3. The van der Waals surface area contributed by atoms with E-state index in [-0.39, 0.29) is 29.8 Å². The molecule has 4 atom stereocenters. The fraction of sp³-hybridized carbons (Fsp3) is 0.667. The number of carbonyl (C=O) groups is 2. The highest BCUT2D eigenvalue weighted by Gasteiger charge is 2.58. The van der Waals surface area contributed by atoms with E-state index < -0.39 is 0 Å². The molecular formula is C12H14O2. The van der Waals surface area contributed by atoms with Crippen LogP contribution in [0, 0.1) is 23.7 Å². The van der Waals surface area contributed by atoms with Crippen LogP contribution in [0.1, 0.15) is 26.7 Å². The first-order chi connectivity index (χ1) is 6.61. The van der Waals surface area contributed by atoms with Crippen molar-refractivity contribution in [3.8, 4) is 0 Å². The van der Waals surface area contributed by atoms with Gasteiger partial charge in [-0.25, -0.2) is 0 Å². The molecule has 0 aromatic rings. The molecule has 2 saturated carbocycles. The summed E-state index contributed by atoms with van der Waals surface area (Å²) in [5, 5.41) is 0. The molecule has 0 aliphatic heterocycles. The third-order valence-corrected chi connectivity index (χ3v) is 4.59. The molecule has 3 aliphatic carbocycles. The summed E-state index contributed by atoms with van der Waals surface area (Å²) in [5.74, 6) is 1.36. The van der Waals surface area contributed by atoms with Crippen LogP contribution >= 0.6 is 0 Å². The Labute approximate surface area is 83.4 Å². The molecular weight excluding hydrogens is 176 g/mol. The second-order valence-electron chi connectivity index (χ2n) is 4.98. The lowest BCUT2D eigenvalue weighted by atomic mass is 9.78. The van der Waals surface area contributed by atoms with E-state index in [1.807, 2.05) is 0 Å². The average Bonchev–Trinajstić information content (AvgIpc) is 2.71. The van der Waals surface area contributed by atoms with E-state index in [1.165, 1.54) is 11.1 Å². The van der Waals surface area contributed by atoms with Crippen LogP contribution in [0.3, 0.4) is 0 Å². The minimum Gasteiger partial charge on any atom is -0.299 e. The molecule has 74 valence electrons. The first kappa shape index (κ1) is 8.39. The van der Waals surface area contributed by atoms with E-state index in [4.69, 9.17) is 0 Å². The van der Waals surface area contributed by atoms with E-state index in [2.05, 4.69) is 13.8 Å². The van der Waals surface area contributed by atoms with Crippen LogP contribution in [0.25, 0.3) is 0 Å². The maximum atomic E-state index is 11.7. The van der Waals surface area contributed by atoms with Gasteiger partial charge in [-0.05, 0) is 32.1 Å². The topological polar surface area (TPSA) is 34.1 Å². The van der Waals surface area contributed by atoms with Gasteiger partial charge in [0.1, 0.15) is 11.6 Å². The zero-order valence-corrected chi connectivity index (χ0v) is 8.54. The smallest absolute Gasteiger partial charge is 0.144 e. The number of hydrogen-bond acceptors (Lipinski definition) is 2. The number of Topliss-reactive ketones (excluding diaryl/α,β-unsaturated/α-hetero) is 2. The molecule has 4 unspecified atom stereocenters. The monoisotopic (exact) mass is 190 g/mol. The summed E-state index contributed by atoms with van der Waals surface area (Å²) in [5.41, 5.74) is 2.78. The van der Waals surface area contributed by atoms with Crippen LogP contribution in [-0.2, 0) is 9.59 Å². The summed E-state index contributed by atoms with van der Waals surface area (Å²) in [6.45, 7) is 4.26. The largest absolute Gasteiger partial charge is 0.299 e. The lowest BCUT2D eigenvalue weighted by Gasteiger charge is -2.24. The molecule has 0 saturated heterocycles. The van der Waals surface area contributed by atoms with Gasteiger partial charge in [-0.15, -0.1) is 0 Å². The number of carbonyl (C=O) groups excluding carboxylic acids is 2. The fourth-order valence-electron chi connectivity index (χ4n) is 3.80. The van der Waals surface area contributed by atoms with Crippen LogP contribution in [0.4, 0.5) is 0 Å². The summed E-state index contributed by atoms with van der Waals surface area (Å²) in [4.78, 5) is 23.3. The third-order valence-electron chi connectivity index (χ3n) is 4.59. The van der Waals surface area contributed by atoms with Gasteiger partial charge >= 0.3 is 0 Å². The van der Waals surface area contributed by atoms with Crippen LogP contribution in [0.15, 0.2) is 11.1 Å². The second-order valence-corrected chi connectivity index (χ2v) is 4.98. The quantitative estimate of drug-likeness (QED) is 0.431. The van der Waals surface area contributed by atoms with Crippen molar-refractivity contribution in [1.82, 2.24) is 0 Å². The van der Waals surface area contributed by atoms with Gasteiger partial charge in [0.05, 0.1) is 6.42 Å². The van der Waals surface area contributed by atoms with Crippen LogP contribution in [-0.4, -0.2) is 11.6 Å². The zero-order chi connectivity index (χ0) is 10.0. The van der Waals surface area contributed by atoms with Crippen LogP contribution in [0.5, 0.6) is 0 Å². The Kier molecular flexibility index (Phi) is 1.41. The second kappa shape index (κ2) is 2.36. The molecule has 3 rings (SSSR count). The van der Waals surface area contributed by atoms with E-state index >= 15 is 0 Å². The molecule has 0 amide bonds. The maximum absolute atomic E-state index is 11.7. The number of ketones is 2. The predicted molar refractivity (Wildman–Crippen MR) is 51.6 cm³/mol. The lowest BCUT2D eigenvalue weighted by Crippen LogP contribution is -2.25. The molecule has 0 spiro atoms. The van der Waals surface area contributed by atoms with Gasteiger partial charge in [-0.2, -0.15) is 0 Å². The van der Waals surface area contributed by atoms with Crippen LogP contribution in [0.2, 0.25) is 0 Å².